The smallest absolute Gasteiger partial charge is 0.275 e. The summed E-state index contributed by atoms with van der Waals surface area (Å²) in [5.74, 6) is 1.08. The molecule has 0 fully saturated rings. The molecule has 0 saturated carbocycles. The number of aryl methyl sites for hydroxylation is 1. The minimum Gasteiger partial charge on any atom is -0.465 e. The highest BCUT2D eigenvalue weighted by Crippen LogP contribution is 2.15. The summed E-state index contributed by atoms with van der Waals surface area (Å²) in [7, 11) is 0. The first-order valence-corrected chi connectivity index (χ1v) is 7.47. The summed E-state index contributed by atoms with van der Waals surface area (Å²) in [6.07, 6.45) is 0. The zero-order valence-electron chi connectivity index (χ0n) is 12.5. The van der Waals surface area contributed by atoms with Crippen molar-refractivity contribution in [3.8, 4) is 0 Å². The van der Waals surface area contributed by atoms with Crippen molar-refractivity contribution >= 4 is 17.5 Å². The second-order valence-electron chi connectivity index (χ2n) is 5.07. The Morgan fingerprint density at radius 3 is 2.74 bits per heavy atom. The number of amides is 1. The van der Waals surface area contributed by atoms with E-state index in [-0.39, 0.29) is 23.3 Å². The quantitative estimate of drug-likeness (QED) is 0.780. The zero-order chi connectivity index (χ0) is 16.2. The van der Waals surface area contributed by atoms with Crippen molar-refractivity contribution in [3.63, 3.8) is 0 Å². The normalized spacial score (nSPS) is 10.7. The second-order valence-corrected chi connectivity index (χ2v) is 5.43. The van der Waals surface area contributed by atoms with E-state index in [0.29, 0.717) is 12.3 Å². The molecule has 0 atom stereocenters. The Hall–Kier alpha value is -2.60. The molecular formula is C16H15ClN4O2. The average Bonchev–Trinajstić information content (AvgIpc) is 3.13. The third kappa shape index (κ3) is 3.60. The fraction of sp³-hybridized carbons (Fsp3) is 0.188. The molecule has 0 unspecified atom stereocenters. The number of benzene rings is 1. The lowest BCUT2D eigenvalue weighted by Crippen LogP contribution is -2.23. The van der Waals surface area contributed by atoms with Crippen LogP contribution in [0.15, 0.2) is 46.9 Å². The first kappa shape index (κ1) is 15.3. The molecular weight excluding hydrogens is 316 g/mol. The minimum absolute atomic E-state index is 0.103. The maximum atomic E-state index is 12.2. The van der Waals surface area contributed by atoms with Crippen LogP contribution in [-0.2, 0) is 13.1 Å². The number of carbonyl (C=O) groups excluding carboxylic acids is 1. The van der Waals surface area contributed by atoms with Crippen molar-refractivity contribution in [2.75, 3.05) is 0 Å². The number of nitrogens with zero attached hydrogens (tertiary/aromatic N) is 3. The fourth-order valence-electron chi connectivity index (χ4n) is 2.13. The van der Waals surface area contributed by atoms with E-state index in [9.17, 15) is 4.79 Å². The van der Waals surface area contributed by atoms with Gasteiger partial charge in [-0.2, -0.15) is 0 Å². The van der Waals surface area contributed by atoms with E-state index in [1.165, 1.54) is 4.68 Å². The lowest BCUT2D eigenvalue weighted by molar-refractivity contribution is 0.0943. The standard InChI is InChI=1S/C16H15ClN4O2/c1-11-7-8-13(23-11)9-18-16(22)14-15(17)21(20-19-14)10-12-5-3-2-4-6-12/h2-8H,9-10H2,1H3,(H,18,22). The minimum atomic E-state index is -0.386. The van der Waals surface area contributed by atoms with Gasteiger partial charge in [0.25, 0.3) is 5.91 Å². The van der Waals surface area contributed by atoms with Gasteiger partial charge < -0.3 is 9.73 Å². The van der Waals surface area contributed by atoms with Crippen LogP contribution in [0.2, 0.25) is 5.15 Å². The molecule has 0 spiro atoms. The number of nitrogens with one attached hydrogen (secondary N) is 1. The van der Waals surface area contributed by atoms with Gasteiger partial charge in [-0.3, -0.25) is 4.79 Å². The van der Waals surface area contributed by atoms with Crippen LogP contribution in [0.4, 0.5) is 0 Å². The number of hydrogen-bond donors (Lipinski definition) is 1. The predicted octanol–water partition coefficient (Wildman–Crippen LogP) is 2.81. The highest BCUT2D eigenvalue weighted by Gasteiger charge is 2.18. The van der Waals surface area contributed by atoms with Gasteiger partial charge in [0.05, 0.1) is 13.1 Å². The first-order valence-electron chi connectivity index (χ1n) is 7.10. The fourth-order valence-corrected chi connectivity index (χ4v) is 2.35. The molecule has 7 heteroatoms. The Balaban J connectivity index is 1.67. The molecule has 0 bridgehead atoms. The van der Waals surface area contributed by atoms with Crippen molar-refractivity contribution in [1.82, 2.24) is 20.3 Å². The van der Waals surface area contributed by atoms with Crippen molar-refractivity contribution in [2.24, 2.45) is 0 Å². The van der Waals surface area contributed by atoms with Gasteiger partial charge in [-0.05, 0) is 24.6 Å². The van der Waals surface area contributed by atoms with E-state index >= 15 is 0 Å². The first-order chi connectivity index (χ1) is 11.1. The molecule has 6 nitrogen and oxygen atoms in total. The highest BCUT2D eigenvalue weighted by molar-refractivity contribution is 6.32. The van der Waals surface area contributed by atoms with E-state index in [0.717, 1.165) is 11.3 Å². The summed E-state index contributed by atoms with van der Waals surface area (Å²) in [5, 5.41) is 10.7. The van der Waals surface area contributed by atoms with Crippen molar-refractivity contribution in [2.45, 2.75) is 20.0 Å². The Kier molecular flexibility index (Phi) is 4.43. The van der Waals surface area contributed by atoms with E-state index in [4.69, 9.17) is 16.0 Å². The van der Waals surface area contributed by atoms with Crippen LogP contribution in [0.3, 0.4) is 0 Å². The monoisotopic (exact) mass is 330 g/mol. The van der Waals surface area contributed by atoms with Crippen LogP contribution in [-0.4, -0.2) is 20.9 Å². The van der Waals surface area contributed by atoms with Gasteiger partial charge in [-0.1, -0.05) is 47.1 Å². The third-order valence-corrected chi connectivity index (χ3v) is 3.66. The van der Waals surface area contributed by atoms with Crippen molar-refractivity contribution < 1.29 is 9.21 Å². The van der Waals surface area contributed by atoms with Crippen LogP contribution in [0, 0.1) is 6.92 Å². The number of halogens is 1. The van der Waals surface area contributed by atoms with Crippen molar-refractivity contribution in [3.05, 3.63) is 70.4 Å². The lowest BCUT2D eigenvalue weighted by atomic mass is 10.2. The van der Waals surface area contributed by atoms with Gasteiger partial charge in [0.2, 0.25) is 0 Å². The molecule has 2 heterocycles. The molecule has 2 aromatic heterocycles. The van der Waals surface area contributed by atoms with Crippen LogP contribution in [0.1, 0.15) is 27.6 Å². The van der Waals surface area contributed by atoms with Gasteiger partial charge in [-0.15, -0.1) is 5.10 Å². The molecule has 0 aliphatic rings. The van der Waals surface area contributed by atoms with E-state index in [1.807, 2.05) is 49.4 Å². The average molecular weight is 331 g/mol. The Morgan fingerprint density at radius 1 is 1.26 bits per heavy atom. The Bertz CT molecular complexity index is 811. The topological polar surface area (TPSA) is 73.0 Å². The molecule has 1 N–H and O–H groups in total. The van der Waals surface area contributed by atoms with E-state index < -0.39 is 0 Å². The molecule has 0 aliphatic carbocycles. The summed E-state index contributed by atoms with van der Waals surface area (Å²) in [4.78, 5) is 12.2. The molecule has 118 valence electrons. The summed E-state index contributed by atoms with van der Waals surface area (Å²) in [5.41, 5.74) is 1.13. The summed E-state index contributed by atoms with van der Waals surface area (Å²) in [6, 6.07) is 13.3. The number of carbonyl (C=O) groups is 1. The second kappa shape index (κ2) is 6.66. The van der Waals surface area contributed by atoms with Gasteiger partial charge in [0.15, 0.2) is 10.8 Å². The molecule has 3 rings (SSSR count). The molecule has 1 amide bonds. The molecule has 3 aromatic rings. The van der Waals surface area contributed by atoms with Gasteiger partial charge >= 0.3 is 0 Å². The molecule has 0 saturated heterocycles. The van der Waals surface area contributed by atoms with Crippen LogP contribution < -0.4 is 5.32 Å². The SMILES string of the molecule is Cc1ccc(CNC(=O)c2nnn(Cc3ccccc3)c2Cl)o1. The van der Waals surface area contributed by atoms with Crippen LogP contribution in [0.5, 0.6) is 0 Å². The predicted molar refractivity (Wildman–Crippen MR) is 85.2 cm³/mol. The lowest BCUT2D eigenvalue weighted by Gasteiger charge is -2.03. The number of hydrogen-bond acceptors (Lipinski definition) is 4. The number of rotatable bonds is 5. The molecule has 23 heavy (non-hydrogen) atoms. The molecule has 0 radical (unpaired) electrons. The zero-order valence-corrected chi connectivity index (χ0v) is 13.2. The maximum Gasteiger partial charge on any atom is 0.275 e. The largest absolute Gasteiger partial charge is 0.465 e. The Labute approximate surface area is 138 Å². The van der Waals surface area contributed by atoms with E-state index in [2.05, 4.69) is 15.6 Å². The number of furan rings is 1. The van der Waals surface area contributed by atoms with Gasteiger partial charge in [0, 0.05) is 0 Å². The third-order valence-electron chi connectivity index (χ3n) is 3.28. The summed E-state index contributed by atoms with van der Waals surface area (Å²) in [6.45, 7) is 2.57. The summed E-state index contributed by atoms with van der Waals surface area (Å²) < 4.78 is 6.88. The van der Waals surface area contributed by atoms with Crippen LogP contribution >= 0.6 is 11.6 Å². The number of aromatic nitrogens is 3. The Morgan fingerprint density at radius 2 is 2.04 bits per heavy atom. The highest BCUT2D eigenvalue weighted by atomic mass is 35.5. The van der Waals surface area contributed by atoms with Gasteiger partial charge in [-0.25, -0.2) is 4.68 Å². The summed E-state index contributed by atoms with van der Waals surface area (Å²) >= 11 is 6.21. The van der Waals surface area contributed by atoms with Crippen molar-refractivity contribution in [1.29, 1.82) is 0 Å². The van der Waals surface area contributed by atoms with Gasteiger partial charge in [0.1, 0.15) is 11.5 Å². The molecule has 0 aliphatic heterocycles. The maximum absolute atomic E-state index is 12.2. The molecule has 1 aromatic carbocycles. The van der Waals surface area contributed by atoms with E-state index in [1.54, 1.807) is 0 Å². The van der Waals surface area contributed by atoms with Crippen LogP contribution in [0.25, 0.3) is 0 Å².